The zero-order chi connectivity index (χ0) is 13.2. The summed E-state index contributed by atoms with van der Waals surface area (Å²) < 4.78 is 0. The van der Waals surface area contributed by atoms with Gasteiger partial charge >= 0.3 is 0 Å². The molecule has 1 rings (SSSR count). The second kappa shape index (κ2) is 5.36. The predicted molar refractivity (Wildman–Crippen MR) is 70.1 cm³/mol. The van der Waals surface area contributed by atoms with E-state index in [4.69, 9.17) is 5.84 Å². The number of hydrogen-bond donors (Lipinski definition) is 2. The lowest BCUT2D eigenvalue weighted by Gasteiger charge is -2.31. The molecule has 2 atom stereocenters. The number of carbonyl (C=O) groups excluding carboxylic acids is 1. The van der Waals surface area contributed by atoms with E-state index in [0.717, 1.165) is 13.1 Å². The van der Waals surface area contributed by atoms with Crippen molar-refractivity contribution >= 4 is 5.91 Å². The fraction of sp³-hybridized carbons (Fsp3) is 0.923. The van der Waals surface area contributed by atoms with E-state index in [9.17, 15) is 4.79 Å². The van der Waals surface area contributed by atoms with Gasteiger partial charge in [0.1, 0.15) is 0 Å². The molecule has 0 aliphatic carbocycles. The van der Waals surface area contributed by atoms with Gasteiger partial charge in [0.2, 0.25) is 0 Å². The monoisotopic (exact) mass is 241 g/mol. The van der Waals surface area contributed by atoms with E-state index in [0.29, 0.717) is 11.3 Å². The molecule has 1 heterocycles. The lowest BCUT2D eigenvalue weighted by molar-refractivity contribution is -0.127. The van der Waals surface area contributed by atoms with Crippen molar-refractivity contribution in [2.24, 2.45) is 23.1 Å². The molecule has 1 fully saturated rings. The van der Waals surface area contributed by atoms with Crippen molar-refractivity contribution in [2.75, 3.05) is 13.1 Å². The Bertz CT molecular complexity index is 270. The molecule has 4 nitrogen and oxygen atoms in total. The standard InChI is InChI=1S/C13H27N3O/c1-9(2)11(12(17)15-14)16-7-6-10(8-16)13(3,4)5/h9-11H,6-8,14H2,1-5H3,(H,15,17). The summed E-state index contributed by atoms with van der Waals surface area (Å²) in [5.74, 6) is 6.16. The number of hydrazine groups is 1. The number of carbonyl (C=O) groups is 1. The van der Waals surface area contributed by atoms with Crippen LogP contribution in [-0.4, -0.2) is 29.9 Å². The van der Waals surface area contributed by atoms with E-state index in [-0.39, 0.29) is 17.9 Å². The number of nitrogens with zero attached hydrogens (tertiary/aromatic N) is 1. The molecule has 0 aromatic heterocycles. The molecule has 0 spiro atoms. The van der Waals surface area contributed by atoms with Crippen LogP contribution in [0.1, 0.15) is 41.0 Å². The largest absolute Gasteiger partial charge is 0.293 e. The Morgan fingerprint density at radius 1 is 1.41 bits per heavy atom. The molecule has 0 radical (unpaired) electrons. The van der Waals surface area contributed by atoms with Crippen LogP contribution in [0.25, 0.3) is 0 Å². The van der Waals surface area contributed by atoms with Gasteiger partial charge in [-0.3, -0.25) is 15.1 Å². The van der Waals surface area contributed by atoms with Gasteiger partial charge in [-0.25, -0.2) is 5.84 Å². The quantitative estimate of drug-likeness (QED) is 0.446. The summed E-state index contributed by atoms with van der Waals surface area (Å²) in [5, 5.41) is 0. The number of nitrogens with two attached hydrogens (primary N) is 1. The maximum atomic E-state index is 11.8. The van der Waals surface area contributed by atoms with Crippen molar-refractivity contribution < 1.29 is 4.79 Å². The number of likely N-dealkylation sites (tertiary alicyclic amines) is 1. The van der Waals surface area contributed by atoms with Gasteiger partial charge in [-0.2, -0.15) is 0 Å². The van der Waals surface area contributed by atoms with E-state index in [1.165, 1.54) is 6.42 Å². The van der Waals surface area contributed by atoms with E-state index < -0.39 is 0 Å². The van der Waals surface area contributed by atoms with Gasteiger partial charge in [0, 0.05) is 6.54 Å². The number of rotatable bonds is 3. The zero-order valence-electron chi connectivity index (χ0n) is 11.8. The molecule has 0 aromatic carbocycles. The van der Waals surface area contributed by atoms with E-state index in [2.05, 4.69) is 44.9 Å². The molecule has 0 saturated carbocycles. The van der Waals surface area contributed by atoms with Crippen LogP contribution in [0.4, 0.5) is 0 Å². The highest BCUT2D eigenvalue weighted by atomic mass is 16.2. The Labute approximate surface area is 105 Å². The predicted octanol–water partition coefficient (Wildman–Crippen LogP) is 1.37. The molecule has 1 aliphatic rings. The van der Waals surface area contributed by atoms with Gasteiger partial charge in [-0.15, -0.1) is 0 Å². The fourth-order valence-electron chi connectivity index (χ4n) is 2.72. The Kier molecular flexibility index (Phi) is 4.55. The molecule has 4 heteroatoms. The minimum Gasteiger partial charge on any atom is -0.293 e. The molecule has 17 heavy (non-hydrogen) atoms. The van der Waals surface area contributed by atoms with Crippen molar-refractivity contribution in [3.63, 3.8) is 0 Å². The van der Waals surface area contributed by atoms with Crippen molar-refractivity contribution in [1.82, 2.24) is 10.3 Å². The van der Waals surface area contributed by atoms with Crippen molar-refractivity contribution in [3.8, 4) is 0 Å². The van der Waals surface area contributed by atoms with Crippen molar-refractivity contribution in [2.45, 2.75) is 47.1 Å². The summed E-state index contributed by atoms with van der Waals surface area (Å²) in [6, 6.07) is -0.0904. The van der Waals surface area contributed by atoms with Gasteiger partial charge < -0.3 is 0 Å². The first kappa shape index (κ1) is 14.5. The maximum absolute atomic E-state index is 11.8. The van der Waals surface area contributed by atoms with Crippen LogP contribution in [0.5, 0.6) is 0 Å². The van der Waals surface area contributed by atoms with Crippen molar-refractivity contribution in [1.29, 1.82) is 0 Å². The SMILES string of the molecule is CC(C)C(C(=O)NN)N1CCC(C(C)(C)C)C1. The number of amides is 1. The van der Waals surface area contributed by atoms with Gasteiger partial charge in [0.15, 0.2) is 0 Å². The Morgan fingerprint density at radius 3 is 2.35 bits per heavy atom. The Morgan fingerprint density at radius 2 is 2.00 bits per heavy atom. The van der Waals surface area contributed by atoms with Gasteiger partial charge in [-0.1, -0.05) is 34.6 Å². The second-order valence-corrected chi connectivity index (χ2v) is 6.54. The van der Waals surface area contributed by atoms with Crippen molar-refractivity contribution in [3.05, 3.63) is 0 Å². The van der Waals surface area contributed by atoms with Gasteiger partial charge in [0.05, 0.1) is 6.04 Å². The minimum atomic E-state index is -0.0904. The minimum absolute atomic E-state index is 0.0606. The van der Waals surface area contributed by atoms with E-state index in [1.807, 2.05) is 0 Å². The molecule has 3 N–H and O–H groups in total. The molecule has 100 valence electrons. The first-order valence-corrected chi connectivity index (χ1v) is 6.52. The maximum Gasteiger partial charge on any atom is 0.251 e. The van der Waals surface area contributed by atoms with Crippen LogP contribution in [-0.2, 0) is 4.79 Å². The Hall–Kier alpha value is -0.610. The molecule has 2 unspecified atom stereocenters. The highest BCUT2D eigenvalue weighted by Gasteiger charge is 2.38. The third-order valence-electron chi connectivity index (χ3n) is 3.88. The van der Waals surface area contributed by atoms with Crippen LogP contribution < -0.4 is 11.3 Å². The molecule has 1 saturated heterocycles. The normalized spacial score (nSPS) is 24.1. The molecular formula is C13H27N3O. The average Bonchev–Trinajstić information content (AvgIpc) is 2.65. The number of nitrogens with one attached hydrogen (secondary N) is 1. The van der Waals surface area contributed by atoms with Crippen LogP contribution in [0.2, 0.25) is 0 Å². The smallest absolute Gasteiger partial charge is 0.251 e. The lowest BCUT2D eigenvalue weighted by atomic mass is 9.80. The second-order valence-electron chi connectivity index (χ2n) is 6.54. The highest BCUT2D eigenvalue weighted by molar-refractivity contribution is 5.81. The average molecular weight is 241 g/mol. The van der Waals surface area contributed by atoms with Crippen LogP contribution in [0.15, 0.2) is 0 Å². The topological polar surface area (TPSA) is 58.4 Å². The molecule has 1 aliphatic heterocycles. The van der Waals surface area contributed by atoms with E-state index in [1.54, 1.807) is 0 Å². The molecule has 0 aromatic rings. The first-order chi connectivity index (χ1) is 7.77. The zero-order valence-corrected chi connectivity index (χ0v) is 11.8. The molecule has 1 amide bonds. The number of hydrogen-bond acceptors (Lipinski definition) is 3. The summed E-state index contributed by atoms with van der Waals surface area (Å²) in [6.07, 6.45) is 1.17. The summed E-state index contributed by atoms with van der Waals surface area (Å²) in [5.41, 5.74) is 2.61. The van der Waals surface area contributed by atoms with Gasteiger partial charge in [0.25, 0.3) is 5.91 Å². The van der Waals surface area contributed by atoms with Gasteiger partial charge in [-0.05, 0) is 30.2 Å². The molecular weight excluding hydrogens is 214 g/mol. The highest BCUT2D eigenvalue weighted by Crippen LogP contribution is 2.35. The first-order valence-electron chi connectivity index (χ1n) is 6.52. The summed E-state index contributed by atoms with van der Waals surface area (Å²) in [6.45, 7) is 13.0. The fourth-order valence-corrected chi connectivity index (χ4v) is 2.72. The summed E-state index contributed by atoms with van der Waals surface area (Å²) >= 11 is 0. The molecule has 0 bridgehead atoms. The summed E-state index contributed by atoms with van der Waals surface area (Å²) in [7, 11) is 0. The Balaban J connectivity index is 2.70. The third-order valence-corrected chi connectivity index (χ3v) is 3.88. The van der Waals surface area contributed by atoms with Crippen LogP contribution in [0.3, 0.4) is 0 Å². The van der Waals surface area contributed by atoms with Crippen LogP contribution in [0, 0.1) is 17.3 Å². The third kappa shape index (κ3) is 3.42. The van der Waals surface area contributed by atoms with E-state index >= 15 is 0 Å². The van der Waals surface area contributed by atoms with Crippen LogP contribution >= 0.6 is 0 Å². The summed E-state index contributed by atoms with van der Waals surface area (Å²) in [4.78, 5) is 14.1. The lowest BCUT2D eigenvalue weighted by Crippen LogP contribution is -2.51.